The van der Waals surface area contributed by atoms with Crippen molar-refractivity contribution in [2.24, 2.45) is 0 Å². The van der Waals surface area contributed by atoms with Crippen LogP contribution >= 0.6 is 0 Å². The lowest BCUT2D eigenvalue weighted by atomic mass is 10.0. The van der Waals surface area contributed by atoms with E-state index in [9.17, 15) is 31.9 Å². The van der Waals surface area contributed by atoms with E-state index >= 15 is 0 Å². The van der Waals surface area contributed by atoms with Crippen molar-refractivity contribution in [1.29, 1.82) is 5.26 Å². The van der Waals surface area contributed by atoms with Crippen LogP contribution in [0.25, 0.3) is 0 Å². The largest absolute Gasteiger partial charge is 0.417 e. The minimum absolute atomic E-state index is 0.150. The number of urea groups is 1. The summed E-state index contributed by atoms with van der Waals surface area (Å²) in [6.07, 6.45) is -1.22. The highest BCUT2D eigenvalue weighted by Crippen LogP contribution is 2.37. The van der Waals surface area contributed by atoms with Gasteiger partial charge in [-0.3, -0.25) is 14.5 Å². The molecule has 222 valence electrons. The Morgan fingerprint density at radius 1 is 0.976 bits per heavy atom. The van der Waals surface area contributed by atoms with Crippen LogP contribution in [0.5, 0.6) is 0 Å². The molecule has 0 aromatic heterocycles. The fourth-order valence-corrected chi connectivity index (χ4v) is 5.14. The quantitative estimate of drug-likeness (QED) is 0.231. The predicted molar refractivity (Wildman–Crippen MR) is 148 cm³/mol. The van der Waals surface area contributed by atoms with Crippen molar-refractivity contribution >= 4 is 29.2 Å². The van der Waals surface area contributed by atoms with Crippen LogP contribution in [-0.2, 0) is 15.8 Å². The summed E-state index contributed by atoms with van der Waals surface area (Å²) in [6, 6.07) is 9.98. The zero-order chi connectivity index (χ0) is 30.4. The molecule has 0 spiro atoms. The molecule has 1 fully saturated rings. The number of nitrogens with zero attached hydrogens (tertiary/aromatic N) is 4. The third kappa shape index (κ3) is 6.97. The van der Waals surface area contributed by atoms with E-state index in [0.717, 1.165) is 36.8 Å². The molecule has 4 rings (SSSR count). The van der Waals surface area contributed by atoms with E-state index < -0.39 is 34.9 Å². The van der Waals surface area contributed by atoms with Crippen molar-refractivity contribution in [2.45, 2.75) is 45.2 Å². The Balaban J connectivity index is 1.19. The molecule has 0 unspecified atom stereocenters. The van der Waals surface area contributed by atoms with Gasteiger partial charge in [-0.2, -0.15) is 18.4 Å². The van der Waals surface area contributed by atoms with E-state index in [1.807, 2.05) is 0 Å². The molecular weight excluding hydrogens is 554 g/mol. The molecule has 0 saturated carbocycles. The monoisotopic (exact) mass is 585 g/mol. The number of carbonyl (C=O) groups excluding carboxylic acids is 3. The molecule has 4 amide bonds. The second-order valence-electron chi connectivity index (χ2n) is 10.3. The lowest BCUT2D eigenvalue weighted by Gasteiger charge is -2.34. The molecule has 2 heterocycles. The zero-order valence-corrected chi connectivity index (χ0v) is 23.1. The Morgan fingerprint density at radius 2 is 1.67 bits per heavy atom. The summed E-state index contributed by atoms with van der Waals surface area (Å²) >= 11 is 0. The van der Waals surface area contributed by atoms with E-state index in [2.05, 4.69) is 10.2 Å². The summed E-state index contributed by atoms with van der Waals surface area (Å²) in [4.78, 5) is 42.9. The third-order valence-electron chi connectivity index (χ3n) is 7.55. The maximum atomic E-state index is 13.8. The molecule has 0 bridgehead atoms. The van der Waals surface area contributed by atoms with Crippen LogP contribution in [0.4, 0.5) is 33.7 Å². The molecule has 0 atom stereocenters. The van der Waals surface area contributed by atoms with Crippen LogP contribution < -0.4 is 10.2 Å². The van der Waals surface area contributed by atoms with Gasteiger partial charge in [0.1, 0.15) is 5.82 Å². The Kier molecular flexibility index (Phi) is 9.63. The molecule has 0 radical (unpaired) electrons. The van der Waals surface area contributed by atoms with Gasteiger partial charge in [0.15, 0.2) is 0 Å². The Hall–Kier alpha value is -4.24. The number of nitrogens with one attached hydrogen (secondary N) is 1. The smallest absolute Gasteiger partial charge is 0.322 e. The number of amides is 4. The van der Waals surface area contributed by atoms with Crippen molar-refractivity contribution in [1.82, 2.24) is 9.80 Å². The van der Waals surface area contributed by atoms with Gasteiger partial charge >= 0.3 is 12.2 Å². The lowest BCUT2D eigenvalue weighted by molar-refractivity contribution is -0.138. The molecule has 2 aliphatic rings. The van der Waals surface area contributed by atoms with Gasteiger partial charge in [-0.15, -0.1) is 0 Å². The molecule has 2 aliphatic heterocycles. The second-order valence-corrected chi connectivity index (χ2v) is 10.3. The number of halogens is 4. The highest BCUT2D eigenvalue weighted by Gasteiger charge is 2.39. The van der Waals surface area contributed by atoms with Crippen LogP contribution in [0.3, 0.4) is 0 Å². The number of alkyl halides is 3. The van der Waals surface area contributed by atoms with E-state index in [4.69, 9.17) is 5.26 Å². The second kappa shape index (κ2) is 13.2. The number of rotatable bonds is 9. The zero-order valence-electron chi connectivity index (χ0n) is 23.1. The summed E-state index contributed by atoms with van der Waals surface area (Å²) in [5.74, 6) is -1.77. The first-order chi connectivity index (χ1) is 20.0. The molecule has 1 N–H and O–H groups in total. The number of piperazine rings is 1. The fourth-order valence-electron chi connectivity index (χ4n) is 5.14. The minimum Gasteiger partial charge on any atom is -0.322 e. The standard InChI is InChI=1S/C30H31F4N5O3/c1-20-23(28(41)39(27(20)40)22-12-11-21(19-35)24(18-22)30(32,33)34)8-4-2-3-7-13-37-14-16-38(17-15-37)29(42)36-26-10-6-5-9-25(26)31/h5-6,9-12,18H,2-4,7-8,13-17H2,1H3,(H,36,42). The average Bonchev–Trinajstić information content (AvgIpc) is 3.18. The van der Waals surface area contributed by atoms with Crippen LogP contribution in [0.2, 0.25) is 0 Å². The normalized spacial score (nSPS) is 16.3. The van der Waals surface area contributed by atoms with E-state index in [-0.39, 0.29) is 23.0 Å². The van der Waals surface area contributed by atoms with Crippen LogP contribution in [-0.4, -0.2) is 60.4 Å². The number of benzene rings is 2. The van der Waals surface area contributed by atoms with Crippen molar-refractivity contribution in [3.8, 4) is 6.07 Å². The summed E-state index contributed by atoms with van der Waals surface area (Å²) in [5.41, 5.74) is -1.33. The number of carbonyl (C=O) groups is 3. The topological polar surface area (TPSA) is 96.8 Å². The maximum absolute atomic E-state index is 13.8. The first-order valence-electron chi connectivity index (χ1n) is 13.7. The highest BCUT2D eigenvalue weighted by atomic mass is 19.4. The van der Waals surface area contributed by atoms with Gasteiger partial charge in [0.25, 0.3) is 11.8 Å². The van der Waals surface area contributed by atoms with E-state index in [1.165, 1.54) is 31.2 Å². The first kappa shape index (κ1) is 30.7. The van der Waals surface area contributed by atoms with Crippen LogP contribution in [0.15, 0.2) is 53.6 Å². The Bertz CT molecular complexity index is 1420. The average molecular weight is 586 g/mol. The summed E-state index contributed by atoms with van der Waals surface area (Å²) in [7, 11) is 0. The molecule has 1 saturated heterocycles. The summed E-state index contributed by atoms with van der Waals surface area (Å²) in [6.45, 7) is 4.81. The maximum Gasteiger partial charge on any atom is 0.417 e. The highest BCUT2D eigenvalue weighted by molar-refractivity contribution is 6.32. The molecule has 12 heteroatoms. The van der Waals surface area contributed by atoms with E-state index in [0.29, 0.717) is 50.7 Å². The SMILES string of the molecule is CC1=C(CCCCCCN2CCN(C(=O)Nc3ccccc3F)CC2)C(=O)N(c2ccc(C#N)c(C(F)(F)F)c2)C1=O. The number of anilines is 2. The molecule has 8 nitrogen and oxygen atoms in total. The van der Waals surface area contributed by atoms with Gasteiger partial charge in [0.05, 0.1) is 28.6 Å². The van der Waals surface area contributed by atoms with Crippen molar-refractivity contribution in [3.63, 3.8) is 0 Å². The van der Waals surface area contributed by atoms with Crippen LogP contribution in [0, 0.1) is 17.1 Å². The minimum atomic E-state index is -4.80. The first-order valence-corrected chi connectivity index (χ1v) is 13.7. The molecule has 2 aromatic rings. The van der Waals surface area contributed by atoms with Gasteiger partial charge in [0, 0.05) is 37.3 Å². The van der Waals surface area contributed by atoms with Gasteiger partial charge in [-0.1, -0.05) is 25.0 Å². The Morgan fingerprint density at radius 3 is 2.33 bits per heavy atom. The third-order valence-corrected chi connectivity index (χ3v) is 7.55. The number of imide groups is 1. The van der Waals surface area contributed by atoms with Crippen LogP contribution in [0.1, 0.15) is 50.2 Å². The van der Waals surface area contributed by atoms with Crippen molar-refractivity contribution < 1.29 is 31.9 Å². The number of nitriles is 1. The number of para-hydroxylation sites is 1. The number of hydrogen-bond donors (Lipinski definition) is 1. The lowest BCUT2D eigenvalue weighted by Crippen LogP contribution is -2.50. The number of hydrogen-bond acceptors (Lipinski definition) is 5. The van der Waals surface area contributed by atoms with Crippen molar-refractivity contribution in [2.75, 3.05) is 42.9 Å². The summed E-state index contributed by atoms with van der Waals surface area (Å²) in [5, 5.41) is 11.6. The van der Waals surface area contributed by atoms with Gasteiger partial charge in [0.2, 0.25) is 0 Å². The molecule has 2 aromatic carbocycles. The predicted octanol–water partition coefficient (Wildman–Crippen LogP) is 5.71. The number of unbranched alkanes of at least 4 members (excludes halogenated alkanes) is 3. The summed E-state index contributed by atoms with van der Waals surface area (Å²) < 4.78 is 54.0. The van der Waals surface area contributed by atoms with Crippen molar-refractivity contribution in [3.05, 3.63) is 70.6 Å². The molecular formula is C30H31F4N5O3. The Labute approximate surface area is 241 Å². The van der Waals surface area contributed by atoms with Gasteiger partial charge in [-0.05, 0) is 63.1 Å². The van der Waals surface area contributed by atoms with Gasteiger partial charge < -0.3 is 10.2 Å². The fraction of sp³-hybridized carbons (Fsp3) is 0.400. The van der Waals surface area contributed by atoms with Gasteiger partial charge in [-0.25, -0.2) is 14.1 Å². The molecule has 42 heavy (non-hydrogen) atoms. The molecule has 0 aliphatic carbocycles. The van der Waals surface area contributed by atoms with E-state index in [1.54, 1.807) is 17.0 Å².